The summed E-state index contributed by atoms with van der Waals surface area (Å²) >= 11 is 0. The molecule has 4 nitrogen and oxygen atoms in total. The van der Waals surface area contributed by atoms with Gasteiger partial charge in [0.1, 0.15) is 0 Å². The standard InChI is InChI=1S/C13H21N3O/c1-17-7-6-13(4-5-13)10-15-9-12-3-2-11(14)8-16-12/h2-3,8,15H,4-7,9-10,14H2,1H3. The van der Waals surface area contributed by atoms with Gasteiger partial charge < -0.3 is 15.8 Å². The minimum Gasteiger partial charge on any atom is -0.397 e. The molecule has 0 unspecified atom stereocenters. The lowest BCUT2D eigenvalue weighted by molar-refractivity contribution is 0.171. The third-order valence-electron chi connectivity index (χ3n) is 3.45. The second-order valence-corrected chi connectivity index (χ2v) is 4.93. The number of nitrogen functional groups attached to an aromatic ring is 1. The Morgan fingerprint density at radius 2 is 2.29 bits per heavy atom. The minimum atomic E-state index is 0.490. The first-order chi connectivity index (χ1) is 8.24. The number of aromatic nitrogens is 1. The van der Waals surface area contributed by atoms with E-state index in [1.165, 1.54) is 12.8 Å². The van der Waals surface area contributed by atoms with Gasteiger partial charge in [0.25, 0.3) is 0 Å². The highest BCUT2D eigenvalue weighted by atomic mass is 16.5. The van der Waals surface area contributed by atoms with E-state index in [2.05, 4.69) is 10.3 Å². The van der Waals surface area contributed by atoms with E-state index in [0.29, 0.717) is 11.1 Å². The average Bonchev–Trinajstić information content (AvgIpc) is 3.10. The smallest absolute Gasteiger partial charge is 0.0543 e. The van der Waals surface area contributed by atoms with Crippen molar-refractivity contribution in [2.45, 2.75) is 25.8 Å². The molecule has 4 heteroatoms. The maximum absolute atomic E-state index is 5.59. The van der Waals surface area contributed by atoms with E-state index >= 15 is 0 Å². The molecule has 2 rings (SSSR count). The Morgan fingerprint density at radius 3 is 2.88 bits per heavy atom. The number of ether oxygens (including phenoxy) is 1. The fourth-order valence-electron chi connectivity index (χ4n) is 2.01. The molecule has 0 saturated heterocycles. The molecular formula is C13H21N3O. The van der Waals surface area contributed by atoms with E-state index in [9.17, 15) is 0 Å². The highest BCUT2D eigenvalue weighted by molar-refractivity contribution is 5.34. The molecule has 17 heavy (non-hydrogen) atoms. The van der Waals surface area contributed by atoms with Crippen LogP contribution >= 0.6 is 0 Å². The quantitative estimate of drug-likeness (QED) is 0.753. The molecular weight excluding hydrogens is 214 g/mol. The summed E-state index contributed by atoms with van der Waals surface area (Å²) in [4.78, 5) is 4.27. The van der Waals surface area contributed by atoms with Gasteiger partial charge in [0.2, 0.25) is 0 Å². The molecule has 0 atom stereocenters. The second kappa shape index (κ2) is 5.47. The number of pyridine rings is 1. The van der Waals surface area contributed by atoms with Crippen LogP contribution in [0.4, 0.5) is 5.69 Å². The highest BCUT2D eigenvalue weighted by Crippen LogP contribution is 2.48. The topological polar surface area (TPSA) is 60.2 Å². The molecule has 1 aromatic rings. The summed E-state index contributed by atoms with van der Waals surface area (Å²) in [5.41, 5.74) is 7.84. The molecule has 94 valence electrons. The van der Waals surface area contributed by atoms with Crippen LogP contribution in [-0.4, -0.2) is 25.2 Å². The van der Waals surface area contributed by atoms with E-state index in [4.69, 9.17) is 10.5 Å². The van der Waals surface area contributed by atoms with Gasteiger partial charge in [0.15, 0.2) is 0 Å². The van der Waals surface area contributed by atoms with Gasteiger partial charge in [-0.2, -0.15) is 0 Å². The molecule has 1 heterocycles. The number of rotatable bonds is 7. The lowest BCUT2D eigenvalue weighted by Crippen LogP contribution is -2.25. The summed E-state index contributed by atoms with van der Waals surface area (Å²) in [6.45, 7) is 2.74. The van der Waals surface area contributed by atoms with Crippen molar-refractivity contribution in [1.29, 1.82) is 0 Å². The van der Waals surface area contributed by atoms with Crippen molar-refractivity contribution in [2.24, 2.45) is 5.41 Å². The first-order valence-corrected chi connectivity index (χ1v) is 6.14. The zero-order valence-corrected chi connectivity index (χ0v) is 10.4. The minimum absolute atomic E-state index is 0.490. The van der Waals surface area contributed by atoms with Crippen molar-refractivity contribution >= 4 is 5.69 Å². The zero-order valence-electron chi connectivity index (χ0n) is 10.4. The number of nitrogens with one attached hydrogen (secondary N) is 1. The van der Waals surface area contributed by atoms with Gasteiger partial charge in [-0.3, -0.25) is 4.98 Å². The number of anilines is 1. The molecule has 0 aromatic carbocycles. The van der Waals surface area contributed by atoms with Crippen LogP contribution in [0, 0.1) is 5.41 Å². The number of methoxy groups -OCH3 is 1. The summed E-state index contributed by atoms with van der Waals surface area (Å²) in [5.74, 6) is 0. The third-order valence-corrected chi connectivity index (χ3v) is 3.45. The Morgan fingerprint density at radius 1 is 1.47 bits per heavy atom. The Bertz CT molecular complexity index is 346. The lowest BCUT2D eigenvalue weighted by Gasteiger charge is -2.15. The first kappa shape index (κ1) is 12.3. The molecule has 0 aliphatic heterocycles. The fourth-order valence-corrected chi connectivity index (χ4v) is 2.01. The molecule has 1 aliphatic carbocycles. The first-order valence-electron chi connectivity index (χ1n) is 6.14. The number of nitrogens with zero attached hydrogens (tertiary/aromatic N) is 1. The van der Waals surface area contributed by atoms with Crippen LogP contribution in [0.5, 0.6) is 0 Å². The monoisotopic (exact) mass is 235 g/mol. The summed E-state index contributed by atoms with van der Waals surface area (Å²) < 4.78 is 5.14. The number of hydrogen-bond donors (Lipinski definition) is 2. The molecule has 0 spiro atoms. The molecule has 3 N–H and O–H groups in total. The molecule has 1 aromatic heterocycles. The van der Waals surface area contributed by atoms with Crippen LogP contribution in [0.15, 0.2) is 18.3 Å². The van der Waals surface area contributed by atoms with Crippen LogP contribution in [0.1, 0.15) is 25.0 Å². The summed E-state index contributed by atoms with van der Waals surface area (Å²) in [7, 11) is 1.77. The van der Waals surface area contributed by atoms with Crippen molar-refractivity contribution in [3.8, 4) is 0 Å². The maximum Gasteiger partial charge on any atom is 0.0543 e. The van der Waals surface area contributed by atoms with Crippen LogP contribution in [-0.2, 0) is 11.3 Å². The molecule has 0 bridgehead atoms. The van der Waals surface area contributed by atoms with Crippen LogP contribution in [0.3, 0.4) is 0 Å². The van der Waals surface area contributed by atoms with Crippen LogP contribution < -0.4 is 11.1 Å². The van der Waals surface area contributed by atoms with Gasteiger partial charge in [-0.1, -0.05) is 0 Å². The fraction of sp³-hybridized carbons (Fsp3) is 0.615. The van der Waals surface area contributed by atoms with Crippen molar-refractivity contribution in [1.82, 2.24) is 10.3 Å². The average molecular weight is 235 g/mol. The second-order valence-electron chi connectivity index (χ2n) is 4.93. The predicted molar refractivity (Wildman–Crippen MR) is 68.5 cm³/mol. The van der Waals surface area contributed by atoms with Gasteiger partial charge >= 0.3 is 0 Å². The van der Waals surface area contributed by atoms with Gasteiger partial charge in [0, 0.05) is 26.8 Å². The Labute approximate surface area is 103 Å². The van der Waals surface area contributed by atoms with E-state index in [1.54, 1.807) is 13.3 Å². The van der Waals surface area contributed by atoms with E-state index in [-0.39, 0.29) is 0 Å². The summed E-state index contributed by atoms with van der Waals surface area (Å²) in [6, 6.07) is 3.86. The van der Waals surface area contributed by atoms with Gasteiger partial charge in [-0.25, -0.2) is 0 Å². The Balaban J connectivity index is 1.71. The van der Waals surface area contributed by atoms with Crippen LogP contribution in [0.2, 0.25) is 0 Å². The van der Waals surface area contributed by atoms with Crippen LogP contribution in [0.25, 0.3) is 0 Å². The van der Waals surface area contributed by atoms with Crippen molar-refractivity contribution < 1.29 is 4.74 Å². The van der Waals surface area contributed by atoms with Crippen molar-refractivity contribution in [3.05, 3.63) is 24.0 Å². The SMILES string of the molecule is COCCC1(CNCc2ccc(N)cn2)CC1. The van der Waals surface area contributed by atoms with Crippen molar-refractivity contribution in [2.75, 3.05) is 26.0 Å². The van der Waals surface area contributed by atoms with E-state index in [0.717, 1.165) is 31.8 Å². The zero-order chi connectivity index (χ0) is 12.1. The summed E-state index contributed by atoms with van der Waals surface area (Å²) in [5, 5.41) is 3.47. The van der Waals surface area contributed by atoms with Gasteiger partial charge in [-0.05, 0) is 36.8 Å². The molecule has 1 saturated carbocycles. The maximum atomic E-state index is 5.59. The number of hydrogen-bond acceptors (Lipinski definition) is 4. The summed E-state index contributed by atoms with van der Waals surface area (Å²) in [6.07, 6.45) is 5.50. The lowest BCUT2D eigenvalue weighted by atomic mass is 10.0. The Kier molecular flexibility index (Phi) is 3.97. The van der Waals surface area contributed by atoms with Gasteiger partial charge in [-0.15, -0.1) is 0 Å². The Hall–Kier alpha value is -1.13. The molecule has 1 aliphatic rings. The largest absolute Gasteiger partial charge is 0.397 e. The highest BCUT2D eigenvalue weighted by Gasteiger charge is 2.41. The molecule has 0 amide bonds. The predicted octanol–water partition coefficient (Wildman–Crippen LogP) is 1.57. The van der Waals surface area contributed by atoms with E-state index < -0.39 is 0 Å². The molecule has 1 fully saturated rings. The van der Waals surface area contributed by atoms with E-state index in [1.807, 2.05) is 12.1 Å². The normalized spacial score (nSPS) is 17.0. The third kappa shape index (κ3) is 3.68. The molecule has 0 radical (unpaired) electrons. The van der Waals surface area contributed by atoms with Gasteiger partial charge in [0.05, 0.1) is 17.6 Å². The number of nitrogens with two attached hydrogens (primary N) is 1. The van der Waals surface area contributed by atoms with Crippen molar-refractivity contribution in [3.63, 3.8) is 0 Å².